The molecule has 43 heavy (non-hydrogen) atoms. The molecule has 1 aliphatic heterocycles. The summed E-state index contributed by atoms with van der Waals surface area (Å²) in [6.45, 7) is 4.46. The van der Waals surface area contributed by atoms with E-state index in [1.165, 1.54) is 11.3 Å². The SMILES string of the molecule is COc1ccc(C(=O)Nc2nc3c(s2)C[C@@H]2[C@](C)(CO)[C@H](O)CC[C@@]2(C)[C@@H]3CC(=O)NCc2ccc3c(c2)OCO3)cc1. The number of rotatable bonds is 8. The lowest BCUT2D eigenvalue weighted by Crippen LogP contribution is -2.57. The first-order chi connectivity index (χ1) is 20.6. The highest BCUT2D eigenvalue weighted by molar-refractivity contribution is 7.15. The first kappa shape index (κ1) is 29.4. The summed E-state index contributed by atoms with van der Waals surface area (Å²) in [5.74, 6) is 1.25. The maximum absolute atomic E-state index is 13.5. The van der Waals surface area contributed by atoms with Crippen LogP contribution in [-0.2, 0) is 17.8 Å². The maximum atomic E-state index is 13.5. The van der Waals surface area contributed by atoms with E-state index in [9.17, 15) is 19.8 Å². The van der Waals surface area contributed by atoms with E-state index in [-0.39, 0.29) is 43.5 Å². The zero-order valence-corrected chi connectivity index (χ0v) is 25.3. The zero-order chi connectivity index (χ0) is 30.4. The van der Waals surface area contributed by atoms with Gasteiger partial charge in [-0.1, -0.05) is 19.9 Å². The van der Waals surface area contributed by atoms with E-state index in [2.05, 4.69) is 17.6 Å². The second-order valence-electron chi connectivity index (χ2n) is 12.2. The number of hydrogen-bond acceptors (Lipinski definition) is 9. The fourth-order valence-electron chi connectivity index (χ4n) is 7.12. The van der Waals surface area contributed by atoms with Crippen LogP contribution in [0, 0.1) is 16.7 Å². The van der Waals surface area contributed by atoms with E-state index in [4.69, 9.17) is 19.2 Å². The molecule has 0 radical (unpaired) electrons. The number of amides is 2. The monoisotopic (exact) mass is 607 g/mol. The van der Waals surface area contributed by atoms with Crippen LogP contribution in [0.2, 0.25) is 0 Å². The molecule has 0 spiro atoms. The smallest absolute Gasteiger partial charge is 0.257 e. The Morgan fingerprint density at radius 3 is 2.65 bits per heavy atom. The number of aromatic nitrogens is 1. The highest BCUT2D eigenvalue weighted by Crippen LogP contribution is 2.62. The van der Waals surface area contributed by atoms with Crippen molar-refractivity contribution in [2.75, 3.05) is 25.8 Å². The summed E-state index contributed by atoms with van der Waals surface area (Å²) in [6.07, 6.45) is 1.36. The summed E-state index contributed by atoms with van der Waals surface area (Å²) in [6, 6.07) is 12.4. The first-order valence-corrected chi connectivity index (χ1v) is 15.4. The third kappa shape index (κ3) is 5.34. The van der Waals surface area contributed by atoms with Crippen molar-refractivity contribution in [2.24, 2.45) is 16.7 Å². The fraction of sp³-hybridized carbons (Fsp3) is 0.469. The van der Waals surface area contributed by atoms with Gasteiger partial charge in [-0.05, 0) is 72.6 Å². The van der Waals surface area contributed by atoms with Crippen molar-refractivity contribution in [1.29, 1.82) is 0 Å². The molecule has 2 amide bonds. The number of nitrogens with zero attached hydrogens (tertiary/aromatic N) is 1. The molecule has 0 unspecified atom stereocenters. The molecule has 11 heteroatoms. The highest BCUT2D eigenvalue weighted by Gasteiger charge is 2.59. The maximum Gasteiger partial charge on any atom is 0.257 e. The van der Waals surface area contributed by atoms with Crippen LogP contribution in [0.15, 0.2) is 42.5 Å². The predicted octanol–water partition coefficient (Wildman–Crippen LogP) is 4.25. The molecule has 10 nitrogen and oxygen atoms in total. The van der Waals surface area contributed by atoms with Gasteiger partial charge in [-0.3, -0.25) is 14.9 Å². The van der Waals surface area contributed by atoms with E-state index in [1.54, 1.807) is 31.4 Å². The summed E-state index contributed by atoms with van der Waals surface area (Å²) in [7, 11) is 1.57. The number of aliphatic hydroxyl groups is 2. The fourth-order valence-corrected chi connectivity index (χ4v) is 8.18. The van der Waals surface area contributed by atoms with Gasteiger partial charge in [-0.25, -0.2) is 4.98 Å². The number of thiazole rings is 1. The topological polar surface area (TPSA) is 139 Å². The Kier molecular flexibility index (Phi) is 7.82. The summed E-state index contributed by atoms with van der Waals surface area (Å²) < 4.78 is 16.0. The Morgan fingerprint density at radius 1 is 1.14 bits per heavy atom. The van der Waals surface area contributed by atoms with E-state index >= 15 is 0 Å². The molecule has 1 aromatic heterocycles. The summed E-state index contributed by atoms with van der Waals surface area (Å²) >= 11 is 1.40. The number of nitrogens with one attached hydrogen (secondary N) is 2. The van der Waals surface area contributed by atoms with E-state index < -0.39 is 16.9 Å². The normalized spacial score (nSPS) is 27.1. The van der Waals surface area contributed by atoms with E-state index in [0.29, 0.717) is 53.8 Å². The van der Waals surface area contributed by atoms with Gasteiger partial charge in [-0.2, -0.15) is 0 Å². The molecule has 1 saturated carbocycles. The number of methoxy groups -OCH3 is 1. The van der Waals surface area contributed by atoms with Gasteiger partial charge < -0.3 is 29.7 Å². The number of carbonyl (C=O) groups excluding carboxylic acids is 2. The molecule has 2 heterocycles. The molecule has 2 aromatic carbocycles. The molecule has 3 aliphatic rings. The Labute approximate surface area is 254 Å². The highest BCUT2D eigenvalue weighted by atomic mass is 32.1. The Morgan fingerprint density at radius 2 is 1.91 bits per heavy atom. The average molecular weight is 608 g/mol. The first-order valence-electron chi connectivity index (χ1n) is 14.5. The number of fused-ring (bicyclic) bond motifs is 3. The van der Waals surface area contributed by atoms with Crippen LogP contribution >= 0.6 is 11.3 Å². The number of hydrogen-bond donors (Lipinski definition) is 4. The van der Waals surface area contributed by atoms with Crippen molar-refractivity contribution in [2.45, 2.75) is 58.1 Å². The summed E-state index contributed by atoms with van der Waals surface area (Å²) in [5.41, 5.74) is 1.05. The lowest BCUT2D eigenvalue weighted by molar-refractivity contribution is -0.144. The van der Waals surface area contributed by atoms with Crippen molar-refractivity contribution in [3.8, 4) is 17.2 Å². The Balaban J connectivity index is 1.26. The number of benzene rings is 2. The van der Waals surface area contributed by atoms with Gasteiger partial charge in [0.1, 0.15) is 5.75 Å². The molecule has 6 rings (SSSR count). The van der Waals surface area contributed by atoms with Crippen molar-refractivity contribution in [1.82, 2.24) is 10.3 Å². The molecule has 5 atom stereocenters. The summed E-state index contributed by atoms with van der Waals surface area (Å²) in [5, 5.41) is 28.0. The number of anilines is 1. The minimum absolute atomic E-state index is 0.0847. The van der Waals surface area contributed by atoms with Crippen molar-refractivity contribution < 1.29 is 34.0 Å². The quantitative estimate of drug-likeness (QED) is 0.298. The van der Waals surface area contributed by atoms with Crippen molar-refractivity contribution >= 4 is 28.3 Å². The average Bonchev–Trinajstić information content (AvgIpc) is 3.65. The molecule has 228 valence electrons. The minimum atomic E-state index is -0.734. The van der Waals surface area contributed by atoms with Gasteiger partial charge in [-0.15, -0.1) is 11.3 Å². The second-order valence-corrected chi connectivity index (χ2v) is 13.3. The molecule has 2 aliphatic carbocycles. The second kappa shape index (κ2) is 11.4. The van der Waals surface area contributed by atoms with Crippen LogP contribution in [0.25, 0.3) is 0 Å². The van der Waals surface area contributed by atoms with Gasteiger partial charge in [0.2, 0.25) is 12.7 Å². The third-order valence-electron chi connectivity index (χ3n) is 9.78. The van der Waals surface area contributed by atoms with Gasteiger partial charge in [0.15, 0.2) is 16.6 Å². The standard InChI is InChI=1S/C32H37N3O7S/c1-31-11-10-26(37)32(2,16-36)25(31)14-24-28(34-30(43-24)35-29(39)19-5-7-20(40-3)8-6-19)21(31)13-27(38)33-15-18-4-9-22-23(12-18)42-17-41-22/h4-9,12,21,25-26,36-37H,10-11,13-17H2,1-3H3,(H,33,38)(H,34,35,39)/t21-,25+,26-,31+,32+/m1/s1. The molecular formula is C32H37N3O7S. The Bertz CT molecular complexity index is 1530. The summed E-state index contributed by atoms with van der Waals surface area (Å²) in [4.78, 5) is 32.4. The van der Waals surface area contributed by atoms with Gasteiger partial charge >= 0.3 is 0 Å². The zero-order valence-electron chi connectivity index (χ0n) is 24.5. The molecule has 0 saturated heterocycles. The van der Waals surface area contributed by atoms with Crippen LogP contribution < -0.4 is 24.8 Å². The van der Waals surface area contributed by atoms with Gasteiger partial charge in [0, 0.05) is 34.7 Å². The number of aliphatic hydroxyl groups excluding tert-OH is 2. The Hall–Kier alpha value is -3.67. The molecule has 4 N–H and O–H groups in total. The lowest BCUT2D eigenvalue weighted by atomic mass is 9.47. The number of carbonyl (C=O) groups is 2. The predicted molar refractivity (Wildman–Crippen MR) is 161 cm³/mol. The van der Waals surface area contributed by atoms with Crippen molar-refractivity contribution in [3.63, 3.8) is 0 Å². The lowest BCUT2D eigenvalue weighted by Gasteiger charge is -2.58. The van der Waals surface area contributed by atoms with Crippen molar-refractivity contribution in [3.05, 3.63) is 64.2 Å². The molecule has 0 bridgehead atoms. The third-order valence-corrected chi connectivity index (χ3v) is 10.8. The van der Waals surface area contributed by atoms with E-state index in [0.717, 1.165) is 16.1 Å². The van der Waals surface area contributed by atoms with Gasteiger partial charge in [0.25, 0.3) is 5.91 Å². The molecular weight excluding hydrogens is 570 g/mol. The minimum Gasteiger partial charge on any atom is -0.497 e. The van der Waals surface area contributed by atoms with Crippen LogP contribution in [-0.4, -0.2) is 53.6 Å². The van der Waals surface area contributed by atoms with Crippen LogP contribution in [0.3, 0.4) is 0 Å². The number of ether oxygens (including phenoxy) is 3. The van der Waals surface area contributed by atoms with Crippen LogP contribution in [0.4, 0.5) is 5.13 Å². The molecule has 1 fully saturated rings. The van der Waals surface area contributed by atoms with Crippen LogP contribution in [0.1, 0.15) is 65.5 Å². The van der Waals surface area contributed by atoms with E-state index in [1.807, 2.05) is 25.1 Å². The molecule has 3 aromatic rings. The van der Waals surface area contributed by atoms with Crippen LogP contribution in [0.5, 0.6) is 17.2 Å². The van der Waals surface area contributed by atoms with Gasteiger partial charge in [0.05, 0.1) is 25.5 Å². The largest absolute Gasteiger partial charge is 0.497 e.